The van der Waals surface area contributed by atoms with Crippen LogP contribution in [0.15, 0.2) is 0 Å². The van der Waals surface area contributed by atoms with Crippen molar-refractivity contribution in [1.29, 1.82) is 0 Å². The molecular formula is C2H5N2O4S-. The molecule has 9 heavy (non-hydrogen) atoms. The molecular weight excluding hydrogens is 148 g/mol. The van der Waals surface area contributed by atoms with E-state index in [1.165, 1.54) is 10.3 Å². The molecule has 7 heteroatoms. The Bertz CT molecular complexity index is 195. The maximum absolute atomic E-state index is 10.1. The molecule has 0 fully saturated rings. The largest absolute Gasteiger partial charge is 0.529 e. The number of carboxylic acid groups (broad SMARTS) is 1. The number of amides is 1. The Balaban J connectivity index is 3.67. The van der Waals surface area contributed by atoms with E-state index in [-0.39, 0.29) is 0 Å². The molecule has 54 valence electrons. The number of carbonyl (C=O) groups is 1. The minimum absolute atomic E-state index is 0.808. The third-order valence-corrected chi connectivity index (χ3v) is 0.811. The lowest BCUT2D eigenvalue weighted by molar-refractivity contribution is -0.251. The van der Waals surface area contributed by atoms with Crippen LogP contribution in [0, 0.1) is 0 Å². The Morgan fingerprint density at radius 3 is 2.11 bits per heavy atom. The van der Waals surface area contributed by atoms with E-state index in [0.717, 1.165) is 6.26 Å². The first-order valence-electron chi connectivity index (χ1n) is 1.85. The van der Waals surface area contributed by atoms with Gasteiger partial charge in [0.15, 0.2) is 0 Å². The van der Waals surface area contributed by atoms with Gasteiger partial charge in [0.05, 0.1) is 6.26 Å². The van der Waals surface area contributed by atoms with Gasteiger partial charge in [-0.2, -0.15) is 0 Å². The number of rotatable bonds is 2. The third kappa shape index (κ3) is 7.18. The van der Waals surface area contributed by atoms with Gasteiger partial charge in [0.25, 0.3) is 0 Å². The second-order valence-corrected chi connectivity index (χ2v) is 3.04. The highest BCUT2D eigenvalue weighted by Gasteiger charge is 1.95. The van der Waals surface area contributed by atoms with E-state index in [1.54, 1.807) is 0 Å². The molecule has 0 aromatic rings. The summed E-state index contributed by atoms with van der Waals surface area (Å²) in [5.74, 6) is 0. The molecule has 0 saturated carbocycles. The summed E-state index contributed by atoms with van der Waals surface area (Å²) < 4.78 is 20.1. The summed E-state index contributed by atoms with van der Waals surface area (Å²) in [6, 6.07) is 0. The van der Waals surface area contributed by atoms with Crippen LogP contribution >= 0.6 is 0 Å². The first-order valence-corrected chi connectivity index (χ1v) is 3.75. The monoisotopic (exact) mass is 153 g/mol. The molecule has 0 unspecified atom stereocenters. The normalized spacial score (nSPS) is 10.8. The van der Waals surface area contributed by atoms with Gasteiger partial charge >= 0.3 is 0 Å². The van der Waals surface area contributed by atoms with Crippen molar-refractivity contribution < 1.29 is 18.3 Å². The average Bonchev–Trinajstić information content (AvgIpc) is 1.59. The fourth-order valence-corrected chi connectivity index (χ4v) is 0.403. The number of nitrogens with one attached hydrogen (secondary N) is 2. The van der Waals surface area contributed by atoms with Gasteiger partial charge in [-0.05, 0) is 0 Å². The highest BCUT2D eigenvalue weighted by atomic mass is 32.2. The first-order chi connectivity index (χ1) is 3.92. The Kier molecular flexibility index (Phi) is 2.41. The molecule has 0 atom stereocenters. The standard InChI is InChI=1S/C2H6N2O4S/c1-9(7,8)4-3-2(5)6/h3-4H,1H3,(H,5,6)/p-1. The van der Waals surface area contributed by atoms with Crippen LogP contribution in [0.5, 0.6) is 0 Å². The maximum Gasteiger partial charge on any atom is 0.225 e. The van der Waals surface area contributed by atoms with Crippen LogP contribution in [0.4, 0.5) is 4.79 Å². The smallest absolute Gasteiger partial charge is 0.225 e. The Morgan fingerprint density at radius 1 is 1.56 bits per heavy atom. The van der Waals surface area contributed by atoms with Gasteiger partial charge in [0, 0.05) is 0 Å². The summed E-state index contributed by atoms with van der Waals surface area (Å²) >= 11 is 0. The molecule has 2 N–H and O–H groups in total. The van der Waals surface area contributed by atoms with Crippen LogP contribution in [0.2, 0.25) is 0 Å². The van der Waals surface area contributed by atoms with Crippen molar-refractivity contribution in [3.8, 4) is 0 Å². The summed E-state index contributed by atoms with van der Waals surface area (Å²) in [7, 11) is -3.50. The van der Waals surface area contributed by atoms with E-state index >= 15 is 0 Å². The summed E-state index contributed by atoms with van der Waals surface area (Å²) in [6.07, 6.45) is -0.886. The molecule has 0 rings (SSSR count). The summed E-state index contributed by atoms with van der Waals surface area (Å²) in [4.78, 5) is 11.0. The van der Waals surface area contributed by atoms with Crippen molar-refractivity contribution in [3.63, 3.8) is 0 Å². The van der Waals surface area contributed by atoms with Crippen LogP contribution in [0.25, 0.3) is 0 Å². The van der Waals surface area contributed by atoms with Crippen LogP contribution < -0.4 is 15.4 Å². The predicted octanol–water partition coefficient (Wildman–Crippen LogP) is -2.62. The molecule has 0 radical (unpaired) electrons. The van der Waals surface area contributed by atoms with Crippen molar-refractivity contribution in [2.24, 2.45) is 0 Å². The lowest BCUT2D eigenvalue weighted by atomic mass is 11.3. The molecule has 0 heterocycles. The molecule has 0 saturated heterocycles. The van der Waals surface area contributed by atoms with Gasteiger partial charge in [0.1, 0.15) is 6.09 Å². The fourth-order valence-electron chi connectivity index (χ4n) is 0.134. The predicted molar refractivity (Wildman–Crippen MR) is 26.5 cm³/mol. The van der Waals surface area contributed by atoms with Crippen molar-refractivity contribution in [1.82, 2.24) is 10.3 Å². The fraction of sp³-hybridized carbons (Fsp3) is 0.500. The quantitative estimate of drug-likeness (QED) is 0.424. The molecule has 0 spiro atoms. The second-order valence-electron chi connectivity index (χ2n) is 1.29. The van der Waals surface area contributed by atoms with Crippen molar-refractivity contribution in [2.75, 3.05) is 6.26 Å². The lowest BCUT2D eigenvalue weighted by Gasteiger charge is -2.04. The molecule has 0 aromatic heterocycles. The highest BCUT2D eigenvalue weighted by molar-refractivity contribution is 7.88. The zero-order chi connectivity index (χ0) is 7.49. The van der Waals surface area contributed by atoms with Crippen molar-refractivity contribution >= 4 is 16.1 Å². The Hall–Kier alpha value is -0.820. The SMILES string of the molecule is CS(=O)(=O)NNC(=O)[O-]. The van der Waals surface area contributed by atoms with Crippen molar-refractivity contribution in [2.45, 2.75) is 0 Å². The van der Waals surface area contributed by atoms with E-state index in [2.05, 4.69) is 0 Å². The molecule has 6 nitrogen and oxygen atoms in total. The van der Waals surface area contributed by atoms with E-state index in [0.29, 0.717) is 0 Å². The number of hydrazine groups is 1. The topological polar surface area (TPSA) is 98.3 Å². The molecule has 0 aliphatic rings. The highest BCUT2D eigenvalue weighted by Crippen LogP contribution is 1.65. The maximum atomic E-state index is 10.1. The minimum Gasteiger partial charge on any atom is -0.529 e. The van der Waals surface area contributed by atoms with Crippen LogP contribution in [-0.4, -0.2) is 20.8 Å². The van der Waals surface area contributed by atoms with Crippen LogP contribution in [0.3, 0.4) is 0 Å². The molecule has 0 aromatic carbocycles. The summed E-state index contributed by atoms with van der Waals surface area (Å²) in [5.41, 5.74) is 1.35. The Morgan fingerprint density at radius 2 is 2.00 bits per heavy atom. The molecule has 1 amide bonds. The van der Waals surface area contributed by atoms with Gasteiger partial charge in [-0.25, -0.2) is 8.42 Å². The van der Waals surface area contributed by atoms with E-state index < -0.39 is 16.1 Å². The second kappa shape index (κ2) is 2.65. The van der Waals surface area contributed by atoms with E-state index in [1.807, 2.05) is 0 Å². The number of hydrogen-bond donors (Lipinski definition) is 2. The zero-order valence-corrected chi connectivity index (χ0v) is 5.36. The molecule has 0 aliphatic carbocycles. The molecule has 0 aliphatic heterocycles. The first kappa shape index (κ1) is 8.18. The van der Waals surface area contributed by atoms with Crippen LogP contribution in [-0.2, 0) is 10.0 Å². The van der Waals surface area contributed by atoms with Gasteiger partial charge in [0.2, 0.25) is 10.0 Å². The minimum atomic E-state index is -3.50. The Labute approximate surface area is 51.9 Å². The number of sulfonamides is 1. The van der Waals surface area contributed by atoms with Gasteiger partial charge in [-0.3, -0.25) is 5.43 Å². The summed E-state index contributed by atoms with van der Waals surface area (Å²) in [5, 5.41) is 9.50. The van der Waals surface area contributed by atoms with Gasteiger partial charge < -0.3 is 9.90 Å². The average molecular weight is 153 g/mol. The van der Waals surface area contributed by atoms with E-state index in [4.69, 9.17) is 0 Å². The van der Waals surface area contributed by atoms with Gasteiger partial charge in [-0.15, -0.1) is 4.83 Å². The zero-order valence-electron chi connectivity index (χ0n) is 4.54. The third-order valence-electron chi connectivity index (χ3n) is 0.338. The van der Waals surface area contributed by atoms with Crippen LogP contribution in [0.1, 0.15) is 0 Å². The van der Waals surface area contributed by atoms with Gasteiger partial charge in [-0.1, -0.05) is 0 Å². The lowest BCUT2D eigenvalue weighted by Crippen LogP contribution is -2.47. The molecule has 0 bridgehead atoms. The summed E-state index contributed by atoms with van der Waals surface area (Å²) in [6.45, 7) is 0. The van der Waals surface area contributed by atoms with Crippen molar-refractivity contribution in [3.05, 3.63) is 0 Å². The number of hydrogen-bond acceptors (Lipinski definition) is 4. The van der Waals surface area contributed by atoms with E-state index in [9.17, 15) is 18.3 Å². The number of carbonyl (C=O) groups excluding carboxylic acids is 1.